The van der Waals surface area contributed by atoms with Gasteiger partial charge in [-0.25, -0.2) is 9.97 Å². The lowest BCUT2D eigenvalue weighted by atomic mass is 10.1. The minimum absolute atomic E-state index is 0.0430. The number of hydrogen-bond donors (Lipinski definition) is 1. The summed E-state index contributed by atoms with van der Waals surface area (Å²) in [5.74, 6) is -0.0430. The minimum Gasteiger partial charge on any atom is -0.339 e. The number of hydrogen-bond acceptors (Lipinski definition) is 4. The molecular weight excluding hydrogens is 252 g/mol. The van der Waals surface area contributed by atoms with E-state index in [-0.39, 0.29) is 17.2 Å². The van der Waals surface area contributed by atoms with Crippen molar-refractivity contribution in [2.75, 3.05) is 20.1 Å². The van der Waals surface area contributed by atoms with Gasteiger partial charge in [-0.3, -0.25) is 4.79 Å². The molecule has 1 N–H and O–H groups in total. The highest BCUT2D eigenvalue weighted by Crippen LogP contribution is 2.14. The predicted octanol–water partition coefficient (Wildman–Crippen LogP) is 1.34. The van der Waals surface area contributed by atoms with E-state index in [0.717, 1.165) is 32.4 Å². The molecule has 2 rings (SSSR count). The monoisotopic (exact) mass is 268 g/mol. The van der Waals surface area contributed by atoms with Gasteiger partial charge in [-0.2, -0.15) is 0 Å². The van der Waals surface area contributed by atoms with Crippen LogP contribution in [0.1, 0.15) is 29.6 Å². The Morgan fingerprint density at radius 3 is 2.83 bits per heavy atom. The van der Waals surface area contributed by atoms with Crippen molar-refractivity contribution in [1.82, 2.24) is 20.2 Å². The van der Waals surface area contributed by atoms with Gasteiger partial charge < -0.3 is 10.2 Å². The van der Waals surface area contributed by atoms with Gasteiger partial charge >= 0.3 is 0 Å². The van der Waals surface area contributed by atoms with Crippen LogP contribution in [-0.2, 0) is 0 Å². The second-order valence-corrected chi connectivity index (χ2v) is 4.83. The third kappa shape index (κ3) is 3.17. The molecule has 0 aliphatic carbocycles. The molecule has 5 nitrogen and oxygen atoms in total. The molecule has 1 atom stereocenters. The predicted molar refractivity (Wildman–Crippen MR) is 69.6 cm³/mol. The molecule has 1 fully saturated rings. The first kappa shape index (κ1) is 13.2. The summed E-state index contributed by atoms with van der Waals surface area (Å²) in [5.41, 5.74) is 0.485. The maximum atomic E-state index is 12.2. The van der Waals surface area contributed by atoms with E-state index >= 15 is 0 Å². The Labute approximate surface area is 112 Å². The molecule has 0 aromatic carbocycles. The fraction of sp³-hybridized carbons (Fsp3) is 0.583. The number of rotatable bonds is 2. The lowest BCUT2D eigenvalue weighted by molar-refractivity contribution is 0.0719. The van der Waals surface area contributed by atoms with Gasteiger partial charge in [0.05, 0.1) is 5.56 Å². The number of carbonyl (C=O) groups excluding carboxylic acids is 1. The quantitative estimate of drug-likeness (QED) is 0.823. The van der Waals surface area contributed by atoms with Gasteiger partial charge in [0.2, 0.25) is 5.28 Å². The lowest BCUT2D eigenvalue weighted by Crippen LogP contribution is -2.37. The van der Waals surface area contributed by atoms with E-state index in [9.17, 15) is 4.79 Å². The Bertz CT molecular complexity index is 401. The van der Waals surface area contributed by atoms with Crippen molar-refractivity contribution >= 4 is 17.5 Å². The van der Waals surface area contributed by atoms with E-state index in [2.05, 4.69) is 15.3 Å². The van der Waals surface area contributed by atoms with Crippen LogP contribution in [0.15, 0.2) is 12.4 Å². The summed E-state index contributed by atoms with van der Waals surface area (Å²) in [7, 11) is 1.84. The van der Waals surface area contributed by atoms with E-state index in [0.29, 0.717) is 5.56 Å². The van der Waals surface area contributed by atoms with Crippen LogP contribution in [0.2, 0.25) is 5.28 Å². The summed E-state index contributed by atoms with van der Waals surface area (Å²) in [5, 5.41) is 3.50. The van der Waals surface area contributed by atoms with Crippen LogP contribution in [-0.4, -0.2) is 47.0 Å². The van der Waals surface area contributed by atoms with Crippen molar-refractivity contribution in [3.8, 4) is 0 Å². The highest BCUT2D eigenvalue weighted by molar-refractivity contribution is 6.28. The number of carbonyl (C=O) groups is 1. The molecule has 1 aliphatic rings. The van der Waals surface area contributed by atoms with Crippen molar-refractivity contribution in [2.45, 2.75) is 25.3 Å². The topological polar surface area (TPSA) is 58.1 Å². The molecule has 0 saturated carbocycles. The first-order valence-corrected chi connectivity index (χ1v) is 6.51. The van der Waals surface area contributed by atoms with Gasteiger partial charge in [0, 0.05) is 25.5 Å². The fourth-order valence-electron chi connectivity index (χ4n) is 2.18. The van der Waals surface area contributed by atoms with Crippen molar-refractivity contribution in [3.05, 3.63) is 23.2 Å². The molecule has 2 heterocycles. The maximum absolute atomic E-state index is 12.2. The van der Waals surface area contributed by atoms with Gasteiger partial charge in [0.1, 0.15) is 0 Å². The zero-order chi connectivity index (χ0) is 13.0. The Kier molecular flexibility index (Phi) is 4.49. The summed E-state index contributed by atoms with van der Waals surface area (Å²) >= 11 is 5.61. The van der Waals surface area contributed by atoms with Gasteiger partial charge in [-0.15, -0.1) is 0 Å². The van der Waals surface area contributed by atoms with Gasteiger partial charge in [-0.05, 0) is 44.0 Å². The first-order valence-electron chi connectivity index (χ1n) is 6.14. The molecule has 6 heteroatoms. The van der Waals surface area contributed by atoms with Crippen molar-refractivity contribution < 1.29 is 4.79 Å². The average molecular weight is 269 g/mol. The van der Waals surface area contributed by atoms with E-state index in [1.807, 2.05) is 7.05 Å². The van der Waals surface area contributed by atoms with Crippen LogP contribution in [0.4, 0.5) is 0 Å². The number of nitrogens with zero attached hydrogens (tertiary/aromatic N) is 3. The molecule has 0 radical (unpaired) electrons. The highest BCUT2D eigenvalue weighted by atomic mass is 35.5. The van der Waals surface area contributed by atoms with Gasteiger partial charge in [-0.1, -0.05) is 0 Å². The molecule has 1 saturated heterocycles. The fourth-order valence-corrected chi connectivity index (χ4v) is 2.28. The van der Waals surface area contributed by atoms with E-state index in [4.69, 9.17) is 11.6 Å². The number of halogens is 1. The van der Waals surface area contributed by atoms with Crippen molar-refractivity contribution in [2.24, 2.45) is 0 Å². The highest BCUT2D eigenvalue weighted by Gasteiger charge is 2.22. The molecule has 1 aromatic rings. The third-order valence-electron chi connectivity index (χ3n) is 3.28. The maximum Gasteiger partial charge on any atom is 0.256 e. The summed E-state index contributed by atoms with van der Waals surface area (Å²) in [6.07, 6.45) is 6.06. The third-order valence-corrected chi connectivity index (χ3v) is 3.48. The number of amides is 1. The summed E-state index contributed by atoms with van der Waals surface area (Å²) < 4.78 is 0. The second-order valence-electron chi connectivity index (χ2n) is 4.49. The van der Waals surface area contributed by atoms with Crippen LogP contribution < -0.4 is 5.32 Å². The Morgan fingerprint density at radius 1 is 1.39 bits per heavy atom. The molecule has 1 aliphatic heterocycles. The normalized spacial score (nSPS) is 20.2. The molecule has 1 unspecified atom stereocenters. The van der Waals surface area contributed by atoms with Gasteiger partial charge in [0.25, 0.3) is 5.91 Å². The molecule has 0 bridgehead atoms. The summed E-state index contributed by atoms with van der Waals surface area (Å²) in [6, 6.07) is 0.281. The number of nitrogens with one attached hydrogen (secondary N) is 1. The molecule has 0 spiro atoms. The second kappa shape index (κ2) is 6.11. The zero-order valence-corrected chi connectivity index (χ0v) is 11.2. The van der Waals surface area contributed by atoms with Crippen LogP contribution in [0.25, 0.3) is 0 Å². The van der Waals surface area contributed by atoms with E-state index in [1.54, 1.807) is 4.90 Å². The standard InChI is InChI=1S/C12H17ClN4O/c1-17(10-3-2-5-14-6-4-10)11(18)9-7-15-12(13)16-8-9/h7-8,10,14H,2-6H2,1H3. The Morgan fingerprint density at radius 2 is 2.11 bits per heavy atom. The van der Waals surface area contributed by atoms with Crippen molar-refractivity contribution in [3.63, 3.8) is 0 Å². The Balaban J connectivity index is 2.05. The zero-order valence-electron chi connectivity index (χ0n) is 10.4. The van der Waals surface area contributed by atoms with E-state index < -0.39 is 0 Å². The molecule has 1 aromatic heterocycles. The van der Waals surface area contributed by atoms with Crippen molar-refractivity contribution in [1.29, 1.82) is 0 Å². The largest absolute Gasteiger partial charge is 0.339 e. The van der Waals surface area contributed by atoms with Gasteiger partial charge in [0.15, 0.2) is 0 Å². The SMILES string of the molecule is CN(C(=O)c1cnc(Cl)nc1)C1CCCNCC1. The van der Waals surface area contributed by atoms with Crippen LogP contribution in [0, 0.1) is 0 Å². The Hall–Kier alpha value is -1.20. The van der Waals surface area contributed by atoms with E-state index in [1.165, 1.54) is 12.4 Å². The molecule has 98 valence electrons. The van der Waals surface area contributed by atoms with Crippen LogP contribution in [0.5, 0.6) is 0 Å². The smallest absolute Gasteiger partial charge is 0.256 e. The van der Waals surface area contributed by atoms with Crippen LogP contribution >= 0.6 is 11.6 Å². The lowest BCUT2D eigenvalue weighted by Gasteiger charge is -2.26. The first-order chi connectivity index (χ1) is 8.68. The molecule has 1 amide bonds. The summed E-state index contributed by atoms with van der Waals surface area (Å²) in [6.45, 7) is 1.99. The summed E-state index contributed by atoms with van der Waals surface area (Å²) in [4.78, 5) is 21.7. The van der Waals surface area contributed by atoms with Crippen LogP contribution in [0.3, 0.4) is 0 Å². The number of aromatic nitrogens is 2. The minimum atomic E-state index is -0.0430. The average Bonchev–Trinajstić information content (AvgIpc) is 2.67. The molecule has 18 heavy (non-hydrogen) atoms. The molecular formula is C12H17ClN4O.